The number of morpholine rings is 1. The van der Waals surface area contributed by atoms with Crippen molar-refractivity contribution in [3.05, 3.63) is 77.9 Å². The highest BCUT2D eigenvalue weighted by atomic mass is 32.2. The van der Waals surface area contributed by atoms with Crippen LogP contribution < -0.4 is 11.1 Å². The lowest BCUT2D eigenvalue weighted by atomic mass is 10.1. The van der Waals surface area contributed by atoms with Gasteiger partial charge in [-0.2, -0.15) is 4.31 Å². The lowest BCUT2D eigenvalue weighted by Crippen LogP contribution is -2.40. The Morgan fingerprint density at radius 1 is 1.08 bits per heavy atom. The number of anilines is 2. The van der Waals surface area contributed by atoms with E-state index in [2.05, 4.69) is 15.3 Å². The Balaban J connectivity index is 1.41. The number of para-hydroxylation sites is 2. The Morgan fingerprint density at radius 2 is 1.79 bits per heavy atom. The van der Waals surface area contributed by atoms with Crippen LogP contribution in [0.15, 0.2) is 76.6 Å². The average molecular weight is 534 g/mol. The first-order valence-corrected chi connectivity index (χ1v) is 13.4. The molecule has 196 valence electrons. The Labute approximate surface area is 219 Å². The van der Waals surface area contributed by atoms with Crippen molar-refractivity contribution in [1.82, 2.24) is 9.29 Å². The van der Waals surface area contributed by atoms with Crippen LogP contribution in [0.4, 0.5) is 17.1 Å². The van der Waals surface area contributed by atoms with Crippen molar-refractivity contribution in [1.29, 1.82) is 0 Å². The molecule has 38 heavy (non-hydrogen) atoms. The number of nitrogens with two attached hydrogens (primary N) is 1. The number of sulfonamides is 1. The van der Waals surface area contributed by atoms with E-state index in [0.29, 0.717) is 71.1 Å². The number of hydrogen-bond acceptors (Lipinski definition) is 7. The molecule has 1 amide bonds. The van der Waals surface area contributed by atoms with Gasteiger partial charge in [-0.25, -0.2) is 8.42 Å². The number of benzene rings is 3. The maximum atomic E-state index is 13.2. The van der Waals surface area contributed by atoms with Crippen molar-refractivity contribution in [3.63, 3.8) is 0 Å². The summed E-state index contributed by atoms with van der Waals surface area (Å²) in [5.74, 6) is -0.419. The van der Waals surface area contributed by atoms with Gasteiger partial charge < -0.3 is 25.9 Å². The third kappa shape index (κ3) is 4.99. The number of nitrogens with one attached hydrogen (secondary N) is 2. The molecule has 0 atom stereocenters. The summed E-state index contributed by atoms with van der Waals surface area (Å²) < 4.78 is 33.0. The zero-order chi connectivity index (χ0) is 26.9. The van der Waals surface area contributed by atoms with Crippen molar-refractivity contribution in [2.75, 3.05) is 37.4 Å². The summed E-state index contributed by atoms with van der Waals surface area (Å²) in [4.78, 5) is 20.2. The minimum atomic E-state index is -3.71. The minimum Gasteiger partial charge on any atom is -0.494 e. The van der Waals surface area contributed by atoms with Crippen LogP contribution in [-0.4, -0.2) is 60.7 Å². The Bertz CT molecular complexity index is 1640. The van der Waals surface area contributed by atoms with E-state index in [0.717, 1.165) is 0 Å². The van der Waals surface area contributed by atoms with Crippen molar-refractivity contribution in [2.45, 2.75) is 11.8 Å². The Kier molecular flexibility index (Phi) is 6.89. The number of amides is 1. The molecular weight excluding hydrogens is 506 g/mol. The van der Waals surface area contributed by atoms with Crippen molar-refractivity contribution in [2.24, 2.45) is 4.99 Å². The molecule has 1 fully saturated rings. The number of rotatable bonds is 6. The van der Waals surface area contributed by atoms with Gasteiger partial charge in [-0.1, -0.05) is 12.1 Å². The smallest absolute Gasteiger partial charge is 0.255 e. The molecule has 0 unspecified atom stereocenters. The average Bonchev–Trinajstić information content (AvgIpc) is 3.26. The molecule has 4 aromatic rings. The Hall–Kier alpha value is -4.19. The number of fused-ring (bicyclic) bond motifs is 1. The number of carbonyl (C=O) groups excluding carboxylic acids is 1. The van der Waals surface area contributed by atoms with Crippen LogP contribution >= 0.6 is 0 Å². The van der Waals surface area contributed by atoms with E-state index in [1.807, 2.05) is 0 Å². The fourth-order valence-electron chi connectivity index (χ4n) is 4.36. The normalized spacial score (nSPS) is 15.0. The molecular formula is C27H27N5O5S. The van der Waals surface area contributed by atoms with Gasteiger partial charge in [0.1, 0.15) is 0 Å². The van der Waals surface area contributed by atoms with E-state index in [9.17, 15) is 18.3 Å². The molecule has 0 radical (unpaired) electrons. The second kappa shape index (κ2) is 10.3. The molecule has 10 nitrogen and oxygen atoms in total. The molecule has 1 aliphatic rings. The number of nitrogen functional groups attached to an aromatic ring is 1. The molecule has 1 aromatic heterocycles. The molecule has 5 N–H and O–H groups in total. The number of H-pyrrole nitrogens is 1. The first-order valence-electron chi connectivity index (χ1n) is 12.0. The van der Waals surface area contributed by atoms with Gasteiger partial charge in [0.05, 0.1) is 46.4 Å². The van der Waals surface area contributed by atoms with Gasteiger partial charge in [-0.15, -0.1) is 0 Å². The van der Waals surface area contributed by atoms with E-state index in [1.165, 1.54) is 10.4 Å². The largest absolute Gasteiger partial charge is 0.494 e. The number of hydrogen-bond donors (Lipinski definition) is 4. The lowest BCUT2D eigenvalue weighted by molar-refractivity contribution is 0.0730. The molecule has 1 saturated heterocycles. The maximum Gasteiger partial charge on any atom is 0.255 e. The van der Waals surface area contributed by atoms with Gasteiger partial charge in [0.2, 0.25) is 10.0 Å². The van der Waals surface area contributed by atoms with E-state index >= 15 is 0 Å². The third-order valence-electron chi connectivity index (χ3n) is 6.36. The van der Waals surface area contributed by atoms with E-state index in [1.54, 1.807) is 67.6 Å². The Morgan fingerprint density at radius 3 is 2.50 bits per heavy atom. The molecule has 0 saturated carbocycles. The van der Waals surface area contributed by atoms with Crippen LogP contribution in [0.1, 0.15) is 22.8 Å². The molecule has 0 bridgehead atoms. The molecule has 1 aliphatic heterocycles. The summed E-state index contributed by atoms with van der Waals surface area (Å²) in [6.45, 7) is 3.01. The van der Waals surface area contributed by atoms with Crippen LogP contribution in [0, 0.1) is 0 Å². The predicted octanol–water partition coefficient (Wildman–Crippen LogP) is 3.87. The number of carbonyl (C=O) groups is 1. The highest BCUT2D eigenvalue weighted by Crippen LogP contribution is 2.32. The number of ether oxygens (including phenoxy) is 1. The highest BCUT2D eigenvalue weighted by Gasteiger charge is 2.27. The summed E-state index contributed by atoms with van der Waals surface area (Å²) in [7, 11) is -3.71. The van der Waals surface area contributed by atoms with Gasteiger partial charge in [0.25, 0.3) is 5.91 Å². The fraction of sp³-hybridized carbons (Fsp3) is 0.185. The molecule has 2 heterocycles. The monoisotopic (exact) mass is 533 g/mol. The van der Waals surface area contributed by atoms with Crippen LogP contribution in [0.2, 0.25) is 0 Å². The SMILES string of the molecule is CC(=Nc1ccc(C(=O)Nc2ccccc2N)cc1)c1c(O)[nH]c2ccc(S(=O)(=O)N3CCOCC3)cc12. The second-order valence-electron chi connectivity index (χ2n) is 8.86. The summed E-state index contributed by atoms with van der Waals surface area (Å²) in [6.07, 6.45) is 0. The van der Waals surface area contributed by atoms with Gasteiger partial charge in [-0.05, 0) is 61.5 Å². The van der Waals surface area contributed by atoms with Gasteiger partial charge in [-0.3, -0.25) is 9.79 Å². The van der Waals surface area contributed by atoms with Crippen LogP contribution in [0.25, 0.3) is 10.9 Å². The van der Waals surface area contributed by atoms with Crippen molar-refractivity contribution >= 4 is 49.6 Å². The highest BCUT2D eigenvalue weighted by molar-refractivity contribution is 7.89. The topological polar surface area (TPSA) is 150 Å². The number of nitrogens with zero attached hydrogens (tertiary/aromatic N) is 2. The van der Waals surface area contributed by atoms with E-state index in [4.69, 9.17) is 10.5 Å². The minimum absolute atomic E-state index is 0.112. The van der Waals surface area contributed by atoms with Gasteiger partial charge >= 0.3 is 0 Å². The third-order valence-corrected chi connectivity index (χ3v) is 8.25. The first-order chi connectivity index (χ1) is 18.2. The summed E-state index contributed by atoms with van der Waals surface area (Å²) >= 11 is 0. The molecule has 5 rings (SSSR count). The van der Waals surface area contributed by atoms with E-state index < -0.39 is 10.0 Å². The molecule has 3 aromatic carbocycles. The standard InChI is InChI=1S/C27H27N5O5S/c1-17(29-19-8-6-18(7-9-19)26(33)31-24-5-3-2-4-22(24)28)25-21-16-20(10-11-23(21)30-27(25)34)38(35,36)32-12-14-37-15-13-32/h2-11,16,30,34H,12-15,28H2,1H3,(H,31,33). The summed E-state index contributed by atoms with van der Waals surface area (Å²) in [5, 5.41) is 13.9. The number of aromatic nitrogens is 1. The zero-order valence-corrected chi connectivity index (χ0v) is 21.5. The summed E-state index contributed by atoms with van der Waals surface area (Å²) in [6, 6.07) is 18.4. The molecule has 0 spiro atoms. The van der Waals surface area contributed by atoms with E-state index in [-0.39, 0.29) is 16.7 Å². The summed E-state index contributed by atoms with van der Waals surface area (Å²) in [5.41, 5.74) is 9.35. The first kappa shape index (κ1) is 25.5. The van der Waals surface area contributed by atoms with Crippen LogP contribution in [0.3, 0.4) is 0 Å². The van der Waals surface area contributed by atoms with Crippen LogP contribution in [0.5, 0.6) is 5.88 Å². The van der Waals surface area contributed by atoms with Crippen LogP contribution in [-0.2, 0) is 14.8 Å². The second-order valence-corrected chi connectivity index (χ2v) is 10.8. The predicted molar refractivity (Wildman–Crippen MR) is 147 cm³/mol. The number of aromatic amines is 1. The molecule has 0 aliphatic carbocycles. The zero-order valence-electron chi connectivity index (χ0n) is 20.6. The number of aliphatic imine (C=N–C) groups is 1. The lowest BCUT2D eigenvalue weighted by Gasteiger charge is -2.26. The van der Waals surface area contributed by atoms with Gasteiger partial charge in [0.15, 0.2) is 5.88 Å². The van der Waals surface area contributed by atoms with Crippen molar-refractivity contribution in [3.8, 4) is 5.88 Å². The quantitative estimate of drug-likeness (QED) is 0.218. The van der Waals surface area contributed by atoms with Crippen molar-refractivity contribution < 1.29 is 23.1 Å². The number of aromatic hydroxyl groups is 1. The maximum absolute atomic E-state index is 13.2. The van der Waals surface area contributed by atoms with Gasteiger partial charge in [0, 0.05) is 29.6 Å². The fourth-order valence-corrected chi connectivity index (χ4v) is 5.80. The molecule has 11 heteroatoms.